The van der Waals surface area contributed by atoms with Crippen LogP contribution >= 0.6 is 0 Å². The number of nitrogens with one attached hydrogen (secondary N) is 2. The van der Waals surface area contributed by atoms with E-state index in [4.69, 9.17) is 0 Å². The Labute approximate surface area is 127 Å². The minimum absolute atomic E-state index is 0.0773. The molecule has 1 fully saturated rings. The van der Waals surface area contributed by atoms with Gasteiger partial charge >= 0.3 is 5.69 Å². The number of para-hydroxylation sites is 2. The van der Waals surface area contributed by atoms with E-state index in [2.05, 4.69) is 20.2 Å². The lowest BCUT2D eigenvalue weighted by atomic mass is 10.2. The summed E-state index contributed by atoms with van der Waals surface area (Å²) < 4.78 is 1.86. The maximum atomic E-state index is 12.0. The van der Waals surface area contributed by atoms with Crippen molar-refractivity contribution >= 4 is 11.0 Å². The predicted molar refractivity (Wildman–Crippen MR) is 83.9 cm³/mol. The standard InChI is InChI=1S/C16H19N5O/c22-16-20-19-15(21(16)11-5-1-2-6-11)10-9-14-17-12-7-3-4-8-13(12)18-14/h3-4,7-8,11H,1-2,5-6,9-10H2,(H,17,18)(H,20,22). The number of rotatable bonds is 4. The van der Waals surface area contributed by atoms with Gasteiger partial charge in [0.15, 0.2) is 0 Å². The highest BCUT2D eigenvalue weighted by atomic mass is 16.1. The first-order valence-corrected chi connectivity index (χ1v) is 7.90. The Morgan fingerprint density at radius 3 is 2.82 bits per heavy atom. The lowest BCUT2D eigenvalue weighted by molar-refractivity contribution is 0.482. The maximum Gasteiger partial charge on any atom is 0.343 e. The average molecular weight is 297 g/mol. The highest BCUT2D eigenvalue weighted by Gasteiger charge is 2.22. The molecule has 114 valence electrons. The third kappa shape index (κ3) is 2.34. The molecule has 1 aromatic carbocycles. The molecule has 3 aromatic rings. The fourth-order valence-corrected chi connectivity index (χ4v) is 3.41. The number of aryl methyl sites for hydroxylation is 2. The smallest absolute Gasteiger partial charge is 0.342 e. The van der Waals surface area contributed by atoms with Crippen LogP contribution in [-0.2, 0) is 12.8 Å². The van der Waals surface area contributed by atoms with Crippen LogP contribution in [0.1, 0.15) is 43.4 Å². The van der Waals surface area contributed by atoms with Gasteiger partial charge in [0, 0.05) is 18.9 Å². The van der Waals surface area contributed by atoms with Crippen LogP contribution in [0.2, 0.25) is 0 Å². The van der Waals surface area contributed by atoms with Gasteiger partial charge in [0.2, 0.25) is 0 Å². The van der Waals surface area contributed by atoms with Crippen LogP contribution in [0.25, 0.3) is 11.0 Å². The molecule has 1 saturated carbocycles. The molecular weight excluding hydrogens is 278 g/mol. The van der Waals surface area contributed by atoms with Crippen molar-refractivity contribution in [1.29, 1.82) is 0 Å². The highest BCUT2D eigenvalue weighted by Crippen LogP contribution is 2.29. The number of fused-ring (bicyclic) bond motifs is 1. The third-order valence-electron chi connectivity index (χ3n) is 4.49. The van der Waals surface area contributed by atoms with Crippen LogP contribution in [0.5, 0.6) is 0 Å². The molecule has 1 aliphatic carbocycles. The second-order valence-corrected chi connectivity index (χ2v) is 5.95. The number of H-pyrrole nitrogens is 2. The molecule has 6 nitrogen and oxygen atoms in total. The first-order chi connectivity index (χ1) is 10.8. The van der Waals surface area contributed by atoms with E-state index in [-0.39, 0.29) is 5.69 Å². The molecule has 0 atom stereocenters. The number of hydrogen-bond donors (Lipinski definition) is 2. The second-order valence-electron chi connectivity index (χ2n) is 5.95. The van der Waals surface area contributed by atoms with Crippen molar-refractivity contribution in [1.82, 2.24) is 24.7 Å². The number of aromatic nitrogens is 5. The van der Waals surface area contributed by atoms with Crippen LogP contribution in [0.15, 0.2) is 29.1 Å². The summed E-state index contributed by atoms with van der Waals surface area (Å²) in [6.45, 7) is 0. The van der Waals surface area contributed by atoms with Crippen molar-refractivity contribution in [3.05, 3.63) is 46.4 Å². The zero-order valence-electron chi connectivity index (χ0n) is 12.4. The molecule has 0 radical (unpaired) electrons. The monoisotopic (exact) mass is 297 g/mol. The van der Waals surface area contributed by atoms with Gasteiger partial charge in [-0.2, -0.15) is 5.10 Å². The fourth-order valence-electron chi connectivity index (χ4n) is 3.41. The largest absolute Gasteiger partial charge is 0.343 e. The van der Waals surface area contributed by atoms with Gasteiger partial charge in [-0.25, -0.2) is 14.9 Å². The molecule has 0 amide bonds. The summed E-state index contributed by atoms with van der Waals surface area (Å²) in [7, 11) is 0. The van der Waals surface area contributed by atoms with Gasteiger partial charge in [0.05, 0.1) is 11.0 Å². The summed E-state index contributed by atoms with van der Waals surface area (Å²) >= 11 is 0. The van der Waals surface area contributed by atoms with Crippen molar-refractivity contribution in [3.8, 4) is 0 Å². The SMILES string of the molecule is O=c1[nH]nc(CCc2nc3ccccc3[nH]2)n1C1CCCC1. The van der Waals surface area contributed by atoms with E-state index in [1.165, 1.54) is 12.8 Å². The Bertz CT molecular complexity index is 804. The quantitative estimate of drug-likeness (QED) is 0.775. The predicted octanol–water partition coefficient (Wildman–Crippen LogP) is 2.35. The Hall–Kier alpha value is -2.37. The van der Waals surface area contributed by atoms with Crippen molar-refractivity contribution in [2.45, 2.75) is 44.6 Å². The van der Waals surface area contributed by atoms with Crippen molar-refractivity contribution < 1.29 is 0 Å². The van der Waals surface area contributed by atoms with Gasteiger partial charge in [-0.15, -0.1) is 0 Å². The van der Waals surface area contributed by atoms with E-state index in [9.17, 15) is 4.79 Å². The normalized spacial score (nSPS) is 15.8. The lowest BCUT2D eigenvalue weighted by Gasteiger charge is -2.12. The van der Waals surface area contributed by atoms with Crippen LogP contribution < -0.4 is 5.69 Å². The van der Waals surface area contributed by atoms with Crippen molar-refractivity contribution in [2.24, 2.45) is 0 Å². The fraction of sp³-hybridized carbons (Fsp3) is 0.438. The third-order valence-corrected chi connectivity index (χ3v) is 4.49. The number of hydrogen-bond acceptors (Lipinski definition) is 3. The van der Waals surface area contributed by atoms with Gasteiger partial charge < -0.3 is 4.98 Å². The van der Waals surface area contributed by atoms with Crippen LogP contribution in [0.3, 0.4) is 0 Å². The number of imidazole rings is 1. The van der Waals surface area contributed by atoms with Crippen LogP contribution in [0.4, 0.5) is 0 Å². The summed E-state index contributed by atoms with van der Waals surface area (Å²) in [5, 5.41) is 6.82. The summed E-state index contributed by atoms with van der Waals surface area (Å²) in [5.74, 6) is 1.78. The highest BCUT2D eigenvalue weighted by molar-refractivity contribution is 5.74. The Kier molecular flexibility index (Phi) is 3.29. The first kappa shape index (κ1) is 13.3. The molecule has 0 aliphatic heterocycles. The number of aromatic amines is 2. The van der Waals surface area contributed by atoms with Crippen LogP contribution in [-0.4, -0.2) is 24.7 Å². The molecule has 6 heteroatoms. The van der Waals surface area contributed by atoms with Gasteiger partial charge in [-0.05, 0) is 25.0 Å². The van der Waals surface area contributed by atoms with E-state index in [0.29, 0.717) is 6.04 Å². The molecule has 0 unspecified atom stereocenters. The van der Waals surface area contributed by atoms with Crippen molar-refractivity contribution in [2.75, 3.05) is 0 Å². The van der Waals surface area contributed by atoms with Crippen molar-refractivity contribution in [3.63, 3.8) is 0 Å². The molecule has 1 aliphatic rings. The average Bonchev–Trinajstić information content (AvgIpc) is 3.23. The summed E-state index contributed by atoms with van der Waals surface area (Å²) in [4.78, 5) is 19.9. The summed E-state index contributed by atoms with van der Waals surface area (Å²) in [5.41, 5.74) is 1.95. The van der Waals surface area contributed by atoms with Gasteiger partial charge in [-0.3, -0.25) is 4.57 Å². The topological polar surface area (TPSA) is 79.4 Å². The summed E-state index contributed by atoms with van der Waals surface area (Å²) in [6.07, 6.45) is 6.03. The molecule has 0 bridgehead atoms. The van der Waals surface area contributed by atoms with Crippen LogP contribution in [0, 0.1) is 0 Å². The zero-order valence-corrected chi connectivity index (χ0v) is 12.4. The Balaban J connectivity index is 1.55. The summed E-state index contributed by atoms with van der Waals surface area (Å²) in [6, 6.07) is 8.32. The van der Waals surface area contributed by atoms with Gasteiger partial charge in [0.1, 0.15) is 11.6 Å². The van der Waals surface area contributed by atoms with Gasteiger partial charge in [-0.1, -0.05) is 25.0 Å². The molecule has 22 heavy (non-hydrogen) atoms. The molecule has 2 N–H and O–H groups in total. The van der Waals surface area contributed by atoms with E-state index in [0.717, 1.165) is 48.4 Å². The number of benzene rings is 1. The minimum atomic E-state index is -0.0773. The molecule has 2 aromatic heterocycles. The molecule has 0 saturated heterocycles. The van der Waals surface area contributed by atoms with E-state index in [1.807, 2.05) is 28.8 Å². The second kappa shape index (κ2) is 5.44. The Morgan fingerprint density at radius 2 is 2.00 bits per heavy atom. The molecule has 2 heterocycles. The van der Waals surface area contributed by atoms with E-state index >= 15 is 0 Å². The Morgan fingerprint density at radius 1 is 1.18 bits per heavy atom. The minimum Gasteiger partial charge on any atom is -0.342 e. The molecule has 4 rings (SSSR count). The molecule has 0 spiro atoms. The zero-order chi connectivity index (χ0) is 14.9. The number of nitrogens with zero attached hydrogens (tertiary/aromatic N) is 3. The first-order valence-electron chi connectivity index (χ1n) is 7.90. The lowest BCUT2D eigenvalue weighted by Crippen LogP contribution is -2.23. The van der Waals surface area contributed by atoms with E-state index < -0.39 is 0 Å². The van der Waals surface area contributed by atoms with Gasteiger partial charge in [0.25, 0.3) is 0 Å². The maximum absolute atomic E-state index is 12.0. The molecular formula is C16H19N5O. The van der Waals surface area contributed by atoms with E-state index in [1.54, 1.807) is 0 Å².